The number of ether oxygens (including phenoxy) is 1. The lowest BCUT2D eigenvalue weighted by Crippen LogP contribution is -2.55. The van der Waals surface area contributed by atoms with Crippen LogP contribution in [0.5, 0.6) is 5.75 Å². The molecule has 1 aliphatic heterocycles. The number of hydrogen-bond acceptors (Lipinski definition) is 3. The number of anilines is 1. The lowest BCUT2D eigenvalue weighted by Gasteiger charge is -2.47. The topological polar surface area (TPSA) is 49.8 Å². The normalized spacial score (nSPS) is 17.7. The largest absolute Gasteiger partial charge is 0.508 e. The van der Waals surface area contributed by atoms with Crippen LogP contribution in [0.4, 0.5) is 14.5 Å². The van der Waals surface area contributed by atoms with Gasteiger partial charge in [-0.2, -0.15) is 0 Å². The molecule has 32 heavy (non-hydrogen) atoms. The second kappa shape index (κ2) is 13.1. The van der Waals surface area contributed by atoms with Crippen molar-refractivity contribution in [1.82, 2.24) is 0 Å². The van der Waals surface area contributed by atoms with Crippen LogP contribution in [0.25, 0.3) is 0 Å². The van der Waals surface area contributed by atoms with E-state index in [-0.39, 0.29) is 43.5 Å². The number of phenolic OH excluding ortho intramolecular Hbond substituents is 1. The van der Waals surface area contributed by atoms with Crippen molar-refractivity contribution in [2.75, 3.05) is 11.5 Å². The minimum absolute atomic E-state index is 0. The Labute approximate surface area is 189 Å². The number of allylic oxidation sites excluding steroid dienone is 3. The fourth-order valence-electron chi connectivity index (χ4n) is 3.41. The van der Waals surface area contributed by atoms with Crippen LogP contribution in [0, 0.1) is 11.7 Å². The molecule has 0 aliphatic carbocycles. The van der Waals surface area contributed by atoms with E-state index in [1.165, 1.54) is 30.4 Å². The summed E-state index contributed by atoms with van der Waals surface area (Å²) in [7, 11) is 0. The van der Waals surface area contributed by atoms with Gasteiger partial charge in [0, 0.05) is 11.8 Å². The van der Waals surface area contributed by atoms with Crippen LogP contribution in [0.2, 0.25) is 0 Å². The molecule has 0 radical (unpaired) electrons. The molecule has 2 aromatic carbocycles. The lowest BCUT2D eigenvalue weighted by atomic mass is 9.80. The molecule has 1 amide bonds. The molecule has 6 heteroatoms. The van der Waals surface area contributed by atoms with Crippen LogP contribution in [0.15, 0.2) is 85.4 Å². The number of carbonyl (C=O) groups is 1. The number of carbonyl (C=O) groups excluding carboxylic acids is 1. The van der Waals surface area contributed by atoms with Crippen molar-refractivity contribution in [3.8, 4) is 5.75 Å². The minimum atomic E-state index is -0.379. The molecule has 0 aromatic heterocycles. The van der Waals surface area contributed by atoms with E-state index in [1.807, 2.05) is 13.8 Å². The lowest BCUT2D eigenvalue weighted by molar-refractivity contribution is -0.131. The van der Waals surface area contributed by atoms with Gasteiger partial charge in [-0.05, 0) is 54.5 Å². The minimum Gasteiger partial charge on any atom is -0.508 e. The van der Waals surface area contributed by atoms with Gasteiger partial charge in [0.15, 0.2) is 0 Å². The molecule has 2 atom stereocenters. The number of phenols is 1. The zero-order chi connectivity index (χ0) is 22.8. The highest BCUT2D eigenvalue weighted by Gasteiger charge is 2.48. The first-order chi connectivity index (χ1) is 15.0. The van der Waals surface area contributed by atoms with Gasteiger partial charge in [0.1, 0.15) is 17.3 Å². The van der Waals surface area contributed by atoms with E-state index in [2.05, 4.69) is 6.58 Å². The Morgan fingerprint density at radius 2 is 1.78 bits per heavy atom. The zero-order valence-electron chi connectivity index (χ0n) is 17.7. The van der Waals surface area contributed by atoms with Crippen LogP contribution in [-0.2, 0) is 9.53 Å². The van der Waals surface area contributed by atoms with E-state index in [0.717, 1.165) is 5.56 Å². The van der Waals surface area contributed by atoms with Gasteiger partial charge in [-0.3, -0.25) is 4.79 Å². The summed E-state index contributed by atoms with van der Waals surface area (Å²) in [6.07, 6.45) is 4.98. The van der Waals surface area contributed by atoms with Gasteiger partial charge < -0.3 is 14.7 Å². The Hall–Kier alpha value is -3.41. The number of halogens is 2. The summed E-state index contributed by atoms with van der Waals surface area (Å²) in [5, 5.41) is 9.57. The highest BCUT2D eigenvalue weighted by molar-refractivity contribution is 6.03. The summed E-state index contributed by atoms with van der Waals surface area (Å²) in [4.78, 5) is 14.5. The number of β-lactam (4-membered cyclic amide) rings is 1. The van der Waals surface area contributed by atoms with E-state index in [9.17, 15) is 18.7 Å². The molecular weight excluding hydrogens is 412 g/mol. The van der Waals surface area contributed by atoms with Crippen molar-refractivity contribution >= 4 is 11.6 Å². The second-order valence-electron chi connectivity index (χ2n) is 6.56. The van der Waals surface area contributed by atoms with E-state index in [0.29, 0.717) is 24.2 Å². The molecule has 1 saturated heterocycles. The summed E-state index contributed by atoms with van der Waals surface area (Å²) >= 11 is 0. The molecule has 1 aliphatic rings. The summed E-state index contributed by atoms with van der Waals surface area (Å²) in [6, 6.07) is 12.1. The van der Waals surface area contributed by atoms with Crippen LogP contribution in [-0.4, -0.2) is 17.6 Å². The fraction of sp³-hybridized carbons (Fsp3) is 0.269. The highest BCUT2D eigenvalue weighted by atomic mass is 19.1. The number of hydrogen-bond donors (Lipinski definition) is 1. The van der Waals surface area contributed by atoms with Gasteiger partial charge in [0.2, 0.25) is 5.91 Å². The van der Waals surface area contributed by atoms with Crippen molar-refractivity contribution < 1.29 is 23.4 Å². The van der Waals surface area contributed by atoms with E-state index in [1.54, 1.807) is 41.3 Å². The van der Waals surface area contributed by atoms with Crippen molar-refractivity contribution in [2.24, 2.45) is 5.92 Å². The van der Waals surface area contributed by atoms with E-state index in [4.69, 9.17) is 4.74 Å². The quantitative estimate of drug-likeness (QED) is 0.275. The Morgan fingerprint density at radius 1 is 1.16 bits per heavy atom. The van der Waals surface area contributed by atoms with Gasteiger partial charge in [-0.25, -0.2) is 8.78 Å². The summed E-state index contributed by atoms with van der Waals surface area (Å²) < 4.78 is 31.3. The smallest absolute Gasteiger partial charge is 0.233 e. The number of nitrogens with zero attached hydrogens (tertiary/aromatic N) is 1. The van der Waals surface area contributed by atoms with E-state index >= 15 is 0 Å². The third-order valence-corrected chi connectivity index (χ3v) is 4.76. The molecule has 0 bridgehead atoms. The zero-order valence-corrected chi connectivity index (χ0v) is 17.7. The maximum atomic E-state index is 13.3. The maximum absolute atomic E-state index is 13.3. The molecule has 1 heterocycles. The average molecular weight is 444 g/mol. The van der Waals surface area contributed by atoms with Gasteiger partial charge in [0.25, 0.3) is 0 Å². The average Bonchev–Trinajstić information content (AvgIpc) is 2.78. The van der Waals surface area contributed by atoms with Crippen molar-refractivity contribution in [3.05, 3.63) is 96.8 Å². The molecule has 2 aromatic rings. The standard InChI is InChI=1S/C23H21F2NO3.C2H6.CH4/c1-2-3-20(12-14-24)29-15-13-21-22(16-4-10-19(27)11-5-16)26(23(21)28)18-8-6-17(25)7-9-18;1-2;/h2-12,14,21-22,27H,1,13,15H2;1-2H3;1H4/b14-12-,20-3+;;. The van der Waals surface area contributed by atoms with Gasteiger partial charge in [0.05, 0.1) is 24.9 Å². The molecule has 1 N–H and O–H groups in total. The molecule has 0 saturated carbocycles. The summed E-state index contributed by atoms with van der Waals surface area (Å²) in [5.41, 5.74) is 1.45. The molecule has 4 nitrogen and oxygen atoms in total. The third-order valence-electron chi connectivity index (χ3n) is 4.76. The summed E-state index contributed by atoms with van der Waals surface area (Å²) in [5.74, 6) is -0.400. The second-order valence-corrected chi connectivity index (χ2v) is 6.56. The maximum Gasteiger partial charge on any atom is 0.233 e. The Kier molecular flexibility index (Phi) is 10.9. The number of rotatable bonds is 8. The Balaban J connectivity index is 0.00000166. The Morgan fingerprint density at radius 3 is 2.34 bits per heavy atom. The molecule has 2 unspecified atom stereocenters. The third kappa shape index (κ3) is 6.30. The van der Waals surface area contributed by atoms with Crippen LogP contribution < -0.4 is 4.90 Å². The van der Waals surface area contributed by atoms with Gasteiger partial charge in [-0.1, -0.05) is 46.1 Å². The monoisotopic (exact) mass is 443 g/mol. The number of aromatic hydroxyl groups is 1. The van der Waals surface area contributed by atoms with Crippen molar-refractivity contribution in [2.45, 2.75) is 33.7 Å². The molecule has 1 fully saturated rings. The van der Waals surface area contributed by atoms with Crippen LogP contribution in [0.3, 0.4) is 0 Å². The predicted octanol–water partition coefficient (Wildman–Crippen LogP) is 6.86. The Bertz CT molecular complexity index is 921. The molecule has 0 spiro atoms. The SMILES string of the molecule is C.C=C/C=C(\C=C/F)OCCC1C(=O)N(c2ccc(F)cc2)C1c1ccc(O)cc1.CC. The number of benzene rings is 2. The van der Waals surface area contributed by atoms with Crippen molar-refractivity contribution in [1.29, 1.82) is 0 Å². The van der Waals surface area contributed by atoms with Crippen LogP contribution >= 0.6 is 0 Å². The molecule has 172 valence electrons. The summed E-state index contributed by atoms with van der Waals surface area (Å²) in [6.45, 7) is 7.77. The van der Waals surface area contributed by atoms with Gasteiger partial charge in [-0.15, -0.1) is 0 Å². The first-order valence-corrected chi connectivity index (χ1v) is 10.1. The molecular formula is C26H31F2NO3. The number of amides is 1. The van der Waals surface area contributed by atoms with Crippen molar-refractivity contribution in [3.63, 3.8) is 0 Å². The van der Waals surface area contributed by atoms with Gasteiger partial charge >= 0.3 is 0 Å². The molecule has 3 rings (SSSR count). The first kappa shape index (κ1) is 26.6. The van der Waals surface area contributed by atoms with E-state index < -0.39 is 0 Å². The fourth-order valence-corrected chi connectivity index (χ4v) is 3.41. The predicted molar refractivity (Wildman–Crippen MR) is 125 cm³/mol. The highest BCUT2D eigenvalue weighted by Crippen LogP contribution is 2.45. The van der Waals surface area contributed by atoms with Crippen LogP contribution in [0.1, 0.15) is 39.3 Å². The first-order valence-electron chi connectivity index (χ1n) is 10.1.